The summed E-state index contributed by atoms with van der Waals surface area (Å²) in [6, 6.07) is 3.41. The lowest BCUT2D eigenvalue weighted by Gasteiger charge is -2.19. The van der Waals surface area contributed by atoms with Crippen molar-refractivity contribution in [2.75, 3.05) is 0 Å². The highest BCUT2D eigenvalue weighted by atomic mass is 35.5. The smallest absolute Gasteiger partial charge is 0.419 e. The summed E-state index contributed by atoms with van der Waals surface area (Å²) >= 11 is 22.9. The number of hydrogen-bond donors (Lipinski definition) is 1. The van der Waals surface area contributed by atoms with Crippen molar-refractivity contribution in [2.24, 2.45) is 0 Å². The average Bonchev–Trinajstić information content (AvgIpc) is 3.20. The largest absolute Gasteiger partial charge is 0.443 e. The Labute approximate surface area is 185 Å². The van der Waals surface area contributed by atoms with Crippen LogP contribution in [0.5, 0.6) is 0 Å². The van der Waals surface area contributed by atoms with Gasteiger partial charge in [-0.25, -0.2) is 29.3 Å². The fraction of sp³-hybridized carbons (Fsp3) is 0.235. The van der Waals surface area contributed by atoms with Gasteiger partial charge in [0.2, 0.25) is 10.6 Å². The molecule has 0 amide bonds. The highest BCUT2D eigenvalue weighted by molar-refractivity contribution is 6.36. The second-order valence-corrected chi connectivity index (χ2v) is 8.10. The molecular weight excluding hydrogens is 462 g/mol. The molecule has 0 bridgehead atoms. The van der Waals surface area contributed by atoms with Crippen LogP contribution >= 0.6 is 46.4 Å². The number of rotatable bonds is 0. The van der Waals surface area contributed by atoms with Gasteiger partial charge < -0.3 is 9.72 Å². The maximum absolute atomic E-state index is 12.0. The molecule has 0 saturated heterocycles. The predicted octanol–water partition coefficient (Wildman–Crippen LogP) is 5.79. The van der Waals surface area contributed by atoms with E-state index in [0.717, 1.165) is 11.0 Å². The molecule has 4 rings (SSSR count). The van der Waals surface area contributed by atoms with E-state index in [2.05, 4.69) is 24.9 Å². The Balaban J connectivity index is 0.000000186. The Morgan fingerprint density at radius 3 is 2.24 bits per heavy atom. The molecular formula is C17H14Cl4N6O2. The Bertz CT molecular complexity index is 1200. The molecule has 8 nitrogen and oxygen atoms in total. The number of nitrogens with zero attached hydrogens (tertiary/aromatic N) is 5. The average molecular weight is 476 g/mol. The van der Waals surface area contributed by atoms with Crippen molar-refractivity contribution < 1.29 is 9.53 Å². The minimum atomic E-state index is -0.590. The molecule has 0 unspecified atom stereocenters. The number of H-pyrrole nitrogens is 1. The molecule has 152 valence electrons. The number of aromatic nitrogens is 6. The summed E-state index contributed by atoms with van der Waals surface area (Å²) in [4.78, 5) is 30.3. The lowest BCUT2D eigenvalue weighted by atomic mass is 10.2. The second kappa shape index (κ2) is 8.31. The van der Waals surface area contributed by atoms with Gasteiger partial charge in [0, 0.05) is 12.4 Å². The minimum absolute atomic E-state index is 0.0365. The molecule has 0 spiro atoms. The van der Waals surface area contributed by atoms with Gasteiger partial charge in [0.15, 0.2) is 10.3 Å². The third-order valence-electron chi connectivity index (χ3n) is 3.39. The van der Waals surface area contributed by atoms with E-state index >= 15 is 0 Å². The zero-order valence-electron chi connectivity index (χ0n) is 15.4. The van der Waals surface area contributed by atoms with Crippen molar-refractivity contribution in [1.82, 2.24) is 29.5 Å². The standard InChI is InChI=1S/C11H11Cl2N3O2.C6H3Cl2N3/c1-11(2,3)18-10(17)16-5-4-6-7(16)8(12)15-9(13)14-6;7-5-4-3(1-2-9-4)10-6(8)11-5/h4-5H,1-3H3;1-2,9H. The molecule has 4 aromatic rings. The number of halogens is 4. The number of hydrogen-bond acceptors (Lipinski definition) is 6. The maximum Gasteiger partial charge on any atom is 0.419 e. The van der Waals surface area contributed by atoms with E-state index in [-0.39, 0.29) is 15.7 Å². The molecule has 4 aromatic heterocycles. The molecule has 0 saturated carbocycles. The molecule has 12 heteroatoms. The van der Waals surface area contributed by atoms with Crippen molar-refractivity contribution >= 4 is 74.6 Å². The molecule has 0 fully saturated rings. The van der Waals surface area contributed by atoms with Crippen molar-refractivity contribution in [1.29, 1.82) is 0 Å². The van der Waals surface area contributed by atoms with Gasteiger partial charge in [-0.2, -0.15) is 0 Å². The van der Waals surface area contributed by atoms with Gasteiger partial charge in [0.1, 0.15) is 16.6 Å². The molecule has 4 heterocycles. The first-order valence-corrected chi connectivity index (χ1v) is 9.66. The SMILES string of the molecule is CC(C)(C)OC(=O)n1ccc2nc(Cl)nc(Cl)c21.Clc1nc(Cl)c2[nH]ccc2n1. The van der Waals surface area contributed by atoms with Gasteiger partial charge in [-0.3, -0.25) is 0 Å². The van der Waals surface area contributed by atoms with Crippen LogP contribution in [0.2, 0.25) is 20.9 Å². The number of carbonyl (C=O) groups is 1. The Morgan fingerprint density at radius 2 is 1.59 bits per heavy atom. The quantitative estimate of drug-likeness (QED) is 0.255. The van der Waals surface area contributed by atoms with Crippen molar-refractivity contribution in [3.8, 4) is 0 Å². The first-order chi connectivity index (χ1) is 13.5. The van der Waals surface area contributed by atoms with Gasteiger partial charge in [-0.1, -0.05) is 23.2 Å². The molecule has 0 atom stereocenters. The number of nitrogens with one attached hydrogen (secondary N) is 1. The van der Waals surface area contributed by atoms with Gasteiger partial charge in [0.05, 0.1) is 11.0 Å². The van der Waals surface area contributed by atoms with E-state index < -0.39 is 11.7 Å². The molecule has 0 aromatic carbocycles. The Kier molecular flexibility index (Phi) is 6.19. The fourth-order valence-electron chi connectivity index (χ4n) is 2.32. The van der Waals surface area contributed by atoms with Gasteiger partial charge in [-0.15, -0.1) is 0 Å². The second-order valence-electron chi connectivity index (χ2n) is 6.70. The van der Waals surface area contributed by atoms with Gasteiger partial charge in [-0.05, 0) is 56.1 Å². The van der Waals surface area contributed by atoms with Crippen LogP contribution in [0.4, 0.5) is 4.79 Å². The molecule has 0 aliphatic rings. The normalized spacial score (nSPS) is 11.4. The lowest BCUT2D eigenvalue weighted by Crippen LogP contribution is -2.26. The zero-order valence-corrected chi connectivity index (χ0v) is 18.4. The van der Waals surface area contributed by atoms with Crippen LogP contribution < -0.4 is 0 Å². The number of ether oxygens (including phenoxy) is 1. The molecule has 0 radical (unpaired) electrons. The van der Waals surface area contributed by atoms with Crippen molar-refractivity contribution in [3.63, 3.8) is 0 Å². The van der Waals surface area contributed by atoms with Crippen LogP contribution in [-0.4, -0.2) is 41.2 Å². The first-order valence-electron chi connectivity index (χ1n) is 8.15. The molecule has 0 aliphatic heterocycles. The van der Waals surface area contributed by atoms with Crippen LogP contribution in [0.25, 0.3) is 22.1 Å². The molecule has 29 heavy (non-hydrogen) atoms. The number of fused-ring (bicyclic) bond motifs is 2. The lowest BCUT2D eigenvalue weighted by molar-refractivity contribution is 0.0544. The summed E-state index contributed by atoms with van der Waals surface area (Å²) in [5.74, 6) is 0. The van der Waals surface area contributed by atoms with Gasteiger partial charge in [0.25, 0.3) is 0 Å². The summed E-state index contributed by atoms with van der Waals surface area (Å²) in [6.45, 7) is 5.35. The predicted molar refractivity (Wildman–Crippen MR) is 113 cm³/mol. The third-order valence-corrected chi connectivity index (χ3v) is 4.26. The van der Waals surface area contributed by atoms with Crippen LogP contribution in [0.1, 0.15) is 20.8 Å². The van der Waals surface area contributed by atoms with Crippen LogP contribution in [0.3, 0.4) is 0 Å². The fourth-order valence-corrected chi connectivity index (χ4v) is 3.26. The van der Waals surface area contributed by atoms with Gasteiger partial charge >= 0.3 is 6.09 Å². The van der Waals surface area contributed by atoms with E-state index in [1.54, 1.807) is 39.1 Å². The summed E-state index contributed by atoms with van der Waals surface area (Å²) < 4.78 is 6.52. The first kappa shape index (κ1) is 21.6. The van der Waals surface area contributed by atoms with E-state index in [0.29, 0.717) is 16.2 Å². The van der Waals surface area contributed by atoms with Crippen molar-refractivity contribution in [3.05, 3.63) is 45.4 Å². The summed E-state index contributed by atoms with van der Waals surface area (Å²) in [6.07, 6.45) is 2.72. The third kappa shape index (κ3) is 5.08. The highest BCUT2D eigenvalue weighted by Crippen LogP contribution is 2.24. The summed E-state index contributed by atoms with van der Waals surface area (Å²) in [5.41, 5.74) is 1.74. The monoisotopic (exact) mass is 474 g/mol. The van der Waals surface area contributed by atoms with E-state index in [1.807, 2.05) is 0 Å². The Hall–Kier alpha value is -2.13. The summed E-state index contributed by atoms with van der Waals surface area (Å²) in [7, 11) is 0. The highest BCUT2D eigenvalue weighted by Gasteiger charge is 2.21. The summed E-state index contributed by atoms with van der Waals surface area (Å²) in [5, 5.41) is 0.669. The maximum atomic E-state index is 12.0. The van der Waals surface area contributed by atoms with Crippen LogP contribution in [0, 0.1) is 0 Å². The zero-order chi connectivity index (χ0) is 21.3. The topological polar surface area (TPSA) is 98.6 Å². The van der Waals surface area contributed by atoms with Crippen LogP contribution in [-0.2, 0) is 4.74 Å². The number of carbonyl (C=O) groups excluding carboxylic acids is 1. The van der Waals surface area contributed by atoms with E-state index in [1.165, 1.54) is 10.8 Å². The molecule has 0 aliphatic carbocycles. The van der Waals surface area contributed by atoms with E-state index in [4.69, 9.17) is 51.1 Å². The van der Waals surface area contributed by atoms with E-state index in [9.17, 15) is 4.79 Å². The minimum Gasteiger partial charge on any atom is -0.443 e. The van der Waals surface area contributed by atoms with Crippen LogP contribution in [0.15, 0.2) is 24.5 Å². The Morgan fingerprint density at radius 1 is 0.966 bits per heavy atom. The number of aromatic amines is 1. The van der Waals surface area contributed by atoms with Crippen molar-refractivity contribution in [2.45, 2.75) is 26.4 Å². The molecule has 1 N–H and O–H groups in total.